The molecule has 5 N–H and O–H groups in total. The van der Waals surface area contributed by atoms with Gasteiger partial charge >= 0.3 is 12.1 Å². The Morgan fingerprint density at radius 1 is 1.06 bits per heavy atom. The lowest BCUT2D eigenvalue weighted by Gasteiger charge is -2.47. The van der Waals surface area contributed by atoms with Crippen LogP contribution in [0.3, 0.4) is 0 Å². The van der Waals surface area contributed by atoms with Crippen molar-refractivity contribution in [3.63, 3.8) is 0 Å². The summed E-state index contributed by atoms with van der Waals surface area (Å²) in [5, 5.41) is 27.5. The van der Waals surface area contributed by atoms with E-state index in [2.05, 4.69) is 27.9 Å². The van der Waals surface area contributed by atoms with Crippen molar-refractivity contribution in [2.24, 2.45) is 17.8 Å². The van der Waals surface area contributed by atoms with Crippen molar-refractivity contribution in [3.05, 3.63) is 66.1 Å². The highest BCUT2D eigenvalue weighted by Gasteiger charge is 2.59. The maximum absolute atomic E-state index is 14.6. The summed E-state index contributed by atoms with van der Waals surface area (Å²) in [4.78, 5) is 46.4. The Morgan fingerprint density at radius 2 is 1.78 bits per heavy atom. The minimum Gasteiger partial charge on any atom is -0.458 e. The number of unbranched alkanes of at least 4 members (excludes halogenated alkanes) is 1. The van der Waals surface area contributed by atoms with Crippen molar-refractivity contribution >= 4 is 23.5 Å². The molecule has 0 radical (unpaired) electrons. The van der Waals surface area contributed by atoms with Crippen LogP contribution in [0.2, 0.25) is 0 Å². The van der Waals surface area contributed by atoms with E-state index in [0.29, 0.717) is 76.2 Å². The first-order valence-electron chi connectivity index (χ1n) is 24.2. The largest absolute Gasteiger partial charge is 0.458 e. The molecule has 3 aromatic rings. The van der Waals surface area contributed by atoms with E-state index in [1.165, 1.54) is 19.1 Å². The van der Waals surface area contributed by atoms with E-state index in [1.807, 2.05) is 77.2 Å². The summed E-state index contributed by atoms with van der Waals surface area (Å²) in [5.41, 5.74) is 6.74. The van der Waals surface area contributed by atoms with Gasteiger partial charge in [-0.3, -0.25) is 19.2 Å². The number of nitrogen functional groups attached to an aromatic ring is 1. The van der Waals surface area contributed by atoms with Crippen LogP contribution >= 0.6 is 0 Å². The zero-order chi connectivity index (χ0) is 49.5. The molecule has 3 aliphatic rings. The number of likely N-dealkylation sites (N-methyl/N-ethyl adjacent to an activating group) is 1. The lowest BCUT2D eigenvalue weighted by Crippen LogP contribution is -2.61. The maximum Gasteiger partial charge on any atom is 0.410 e. The van der Waals surface area contributed by atoms with E-state index in [1.54, 1.807) is 35.7 Å². The normalized spacial score (nSPS) is 33.2. The van der Waals surface area contributed by atoms with Gasteiger partial charge in [0.15, 0.2) is 17.7 Å². The molecule has 376 valence electrons. The Labute approximate surface area is 400 Å². The summed E-state index contributed by atoms with van der Waals surface area (Å²) in [6.07, 6.45) is -0.576. The number of nitrogens with zero attached hydrogens (tertiary/aromatic N) is 5. The van der Waals surface area contributed by atoms with Crippen LogP contribution in [0.4, 0.5) is 14.9 Å². The number of anilines is 1. The fraction of sp³-hybridized carbons (Fsp3) is 0.660. The third kappa shape index (κ3) is 12.2. The number of aliphatic hydroxyl groups is 1. The number of hydrogen-bond acceptors (Lipinski definition) is 15. The van der Waals surface area contributed by atoms with Gasteiger partial charge in [-0.25, -0.2) is 9.18 Å². The molecule has 6 rings (SSSR count). The Bertz CT molecular complexity index is 2150. The number of carbonyl (C=O) groups excluding carboxylic acids is 3. The van der Waals surface area contributed by atoms with Crippen molar-refractivity contribution in [3.8, 4) is 11.3 Å². The van der Waals surface area contributed by atoms with Gasteiger partial charge in [-0.15, -0.1) is 5.10 Å². The Hall–Kier alpha value is -4.56. The monoisotopic (exact) mass is 951 g/mol. The fourth-order valence-electron chi connectivity index (χ4n) is 10.5. The van der Waals surface area contributed by atoms with Crippen LogP contribution in [-0.2, 0) is 46.4 Å². The molecule has 1 amide bonds. The summed E-state index contributed by atoms with van der Waals surface area (Å²) >= 11 is 0. The molecule has 0 spiro atoms. The summed E-state index contributed by atoms with van der Waals surface area (Å²) < 4.78 is 47.5. The summed E-state index contributed by atoms with van der Waals surface area (Å²) in [5.74, 6) is -3.71. The van der Waals surface area contributed by atoms with Crippen molar-refractivity contribution < 1.29 is 47.6 Å². The number of benzene rings is 2. The third-order valence-electron chi connectivity index (χ3n) is 14.3. The van der Waals surface area contributed by atoms with Crippen molar-refractivity contribution in [2.45, 2.75) is 154 Å². The molecule has 1 aromatic heterocycles. The molecule has 17 nitrogen and oxygen atoms in total. The van der Waals surface area contributed by atoms with E-state index < -0.39 is 71.5 Å². The van der Waals surface area contributed by atoms with Gasteiger partial charge < -0.3 is 50.1 Å². The van der Waals surface area contributed by atoms with Crippen LogP contribution in [0.1, 0.15) is 86.1 Å². The molecule has 4 heterocycles. The number of halogens is 1. The lowest BCUT2D eigenvalue weighted by atomic mass is 9.78. The number of aryl methyl sites for hydroxylation is 1. The van der Waals surface area contributed by atoms with Crippen LogP contribution in [-0.4, -0.2) is 149 Å². The van der Waals surface area contributed by atoms with Crippen LogP contribution in [0, 0.1) is 23.6 Å². The molecule has 2 unspecified atom stereocenters. The number of methoxy groups -OCH3 is 1. The molecule has 3 aliphatic heterocycles. The number of esters is 1. The first-order valence-corrected chi connectivity index (χ1v) is 24.2. The number of hydrogen-bond donors (Lipinski definition) is 4. The van der Waals surface area contributed by atoms with Gasteiger partial charge in [-0.1, -0.05) is 50.3 Å². The van der Waals surface area contributed by atoms with E-state index in [-0.39, 0.29) is 29.9 Å². The molecule has 3 saturated heterocycles. The van der Waals surface area contributed by atoms with E-state index in [4.69, 9.17) is 29.4 Å². The molecule has 3 fully saturated rings. The quantitative estimate of drug-likeness (QED) is 0.0670. The number of nitrogens with one attached hydrogen (secondary N) is 2. The Kier molecular flexibility index (Phi) is 17.8. The first-order chi connectivity index (χ1) is 32.3. The number of nitrogens with two attached hydrogens (primary N) is 1. The van der Waals surface area contributed by atoms with Crippen molar-refractivity contribution in [1.82, 2.24) is 35.4 Å². The van der Waals surface area contributed by atoms with Gasteiger partial charge in [-0.2, -0.15) is 0 Å². The van der Waals surface area contributed by atoms with Crippen molar-refractivity contribution in [1.29, 1.82) is 0 Å². The highest BCUT2D eigenvalue weighted by molar-refractivity contribution is 6.00. The highest BCUT2D eigenvalue weighted by atomic mass is 19.1. The molecule has 0 aliphatic carbocycles. The van der Waals surface area contributed by atoms with E-state index in [9.17, 15) is 23.9 Å². The molecule has 68 heavy (non-hydrogen) atoms. The SMILES string of the molecule is CC[C@H]1OC(=O)[C@H](C)C(=O)[C@H](C)[C@@H](O[C@@H]2O[C@H](CNCc3ccc(F)cc3)CC(N(C)C)C2O)[C@](C)(OC)C[C@@H](C)CN[C@H](C)[C@H]2N(CCCCn3cc(-c4cccc(N)c4)nn3)C(=O)O[C@]12C. The smallest absolute Gasteiger partial charge is 0.410 e. The highest BCUT2D eigenvalue weighted by Crippen LogP contribution is 2.40. The maximum atomic E-state index is 14.6. The summed E-state index contributed by atoms with van der Waals surface area (Å²) in [6, 6.07) is 12.5. The van der Waals surface area contributed by atoms with Crippen molar-refractivity contribution in [2.75, 3.05) is 46.6 Å². The number of amides is 1. The number of ketones is 1. The molecule has 0 bridgehead atoms. The second kappa shape index (κ2) is 22.9. The zero-order valence-corrected chi connectivity index (χ0v) is 41.5. The number of aliphatic hydroxyl groups excluding tert-OH is 1. The van der Waals surface area contributed by atoms with Gasteiger partial charge in [0.1, 0.15) is 29.6 Å². The van der Waals surface area contributed by atoms with E-state index in [0.717, 1.165) is 11.1 Å². The average molecular weight is 951 g/mol. The average Bonchev–Trinajstić information content (AvgIpc) is 3.89. The van der Waals surface area contributed by atoms with Crippen LogP contribution in [0.15, 0.2) is 54.7 Å². The third-order valence-corrected chi connectivity index (χ3v) is 14.3. The van der Waals surface area contributed by atoms with Gasteiger partial charge in [0.25, 0.3) is 0 Å². The minimum absolute atomic E-state index is 0.0639. The number of ether oxygens (including phenoxy) is 5. The molecule has 0 saturated carbocycles. The Balaban J connectivity index is 1.20. The molecule has 18 heteroatoms. The fourth-order valence-corrected chi connectivity index (χ4v) is 10.5. The number of Topliss-reactive ketones (excluding diaryl/α,β-unsaturated/α-hetero) is 1. The lowest BCUT2D eigenvalue weighted by molar-refractivity contribution is -0.297. The number of aromatic nitrogens is 3. The zero-order valence-electron chi connectivity index (χ0n) is 41.5. The Morgan fingerprint density at radius 3 is 2.46 bits per heavy atom. The van der Waals surface area contributed by atoms with Crippen LogP contribution < -0.4 is 16.4 Å². The number of carbonyl (C=O) groups is 3. The number of fused-ring (bicyclic) bond motifs is 1. The summed E-state index contributed by atoms with van der Waals surface area (Å²) in [6.45, 7) is 15.2. The molecule has 13 atom stereocenters. The minimum atomic E-state index is -1.27. The van der Waals surface area contributed by atoms with Crippen LogP contribution in [0.5, 0.6) is 0 Å². The first kappa shape index (κ1) is 52.8. The molecular formula is C50H75FN8O9. The summed E-state index contributed by atoms with van der Waals surface area (Å²) in [7, 11) is 5.34. The van der Waals surface area contributed by atoms with Gasteiger partial charge in [0.05, 0.1) is 30.0 Å². The number of rotatable bonds is 15. The van der Waals surface area contributed by atoms with E-state index >= 15 is 0 Å². The molecule has 2 aromatic carbocycles. The predicted octanol–water partition coefficient (Wildman–Crippen LogP) is 5.19. The second-order valence-corrected chi connectivity index (χ2v) is 19.9. The topological polar surface area (TPSA) is 205 Å². The van der Waals surface area contributed by atoms with Gasteiger partial charge in [-0.05, 0) is 116 Å². The van der Waals surface area contributed by atoms with Crippen LogP contribution in [0.25, 0.3) is 11.3 Å². The standard InChI is InChI=1S/C50H75FN8O9/c1-11-41-50(7)44(59(48(63)68-50)22-13-12-21-58-29-39(55-56-58)35-15-14-16-37(52)23-35)33(5)54-26-30(2)25-49(6,64-10)45(31(3)42(60)32(4)46(62)66-41)67-47-43(61)40(57(8)9)24-38(65-47)28-53-27-34-17-19-36(51)20-18-34/h14-20,23,29-33,38,40-41,43-45,47,53-54,61H,11-13,21-22,24-28,52H2,1-10H3/t30-,31+,32-,33-,38+,40?,41-,43?,44-,45-,47+,49-,50-/m1/s1. The number of cyclic esters (lactones) is 1. The van der Waals surface area contributed by atoms with Gasteiger partial charge in [0.2, 0.25) is 0 Å². The molecular weight excluding hydrogens is 876 g/mol. The predicted molar refractivity (Wildman–Crippen MR) is 254 cm³/mol. The van der Waals surface area contributed by atoms with Gasteiger partial charge in [0, 0.05) is 62.5 Å². The second-order valence-electron chi connectivity index (χ2n) is 19.9.